The molecule has 0 spiro atoms. The van der Waals surface area contributed by atoms with Crippen LogP contribution >= 0.6 is 0 Å². The first-order valence-electron chi connectivity index (χ1n) is 8.29. The fourth-order valence-corrected chi connectivity index (χ4v) is 2.37. The van der Waals surface area contributed by atoms with Crippen LogP contribution < -0.4 is 10.6 Å². The lowest BCUT2D eigenvalue weighted by atomic mass is 10.2. The lowest BCUT2D eigenvalue weighted by Gasteiger charge is -2.14. The van der Waals surface area contributed by atoms with Crippen LogP contribution in [-0.4, -0.2) is 32.7 Å². The zero-order valence-electron chi connectivity index (χ0n) is 14.4. The number of aliphatic hydroxyl groups is 1. The first-order chi connectivity index (χ1) is 12.6. The summed E-state index contributed by atoms with van der Waals surface area (Å²) >= 11 is 0. The molecule has 0 amide bonds. The molecule has 0 aliphatic heterocycles. The monoisotopic (exact) mass is 353 g/mol. The molecule has 134 valence electrons. The second-order valence-corrected chi connectivity index (χ2v) is 5.92. The van der Waals surface area contributed by atoms with E-state index in [2.05, 4.69) is 25.6 Å². The van der Waals surface area contributed by atoms with E-state index in [0.717, 1.165) is 11.1 Å². The third-order valence-electron chi connectivity index (χ3n) is 3.70. The number of rotatable bonds is 7. The first-order valence-corrected chi connectivity index (χ1v) is 8.29. The van der Waals surface area contributed by atoms with E-state index < -0.39 is 0 Å². The minimum absolute atomic E-state index is 0.0352. The second kappa shape index (κ2) is 8.35. The Morgan fingerprint density at radius 3 is 2.77 bits per heavy atom. The van der Waals surface area contributed by atoms with Crippen LogP contribution in [0.4, 0.5) is 16.2 Å². The molecule has 3 N–H and O–H groups in total. The summed E-state index contributed by atoms with van der Waals surface area (Å²) in [4.78, 5) is 13.0. The van der Waals surface area contributed by atoms with Crippen LogP contribution in [0.1, 0.15) is 12.5 Å². The van der Waals surface area contributed by atoms with Gasteiger partial charge in [-0.3, -0.25) is 4.98 Å². The fourth-order valence-electron chi connectivity index (χ4n) is 2.37. The Hall–Kier alpha value is -3.06. The summed E-state index contributed by atoms with van der Waals surface area (Å²) in [5, 5.41) is 15.5. The number of aliphatic hydroxyl groups excluding tert-OH is 1. The van der Waals surface area contributed by atoms with Gasteiger partial charge in [-0.05, 0) is 36.8 Å². The molecule has 2 aromatic heterocycles. The van der Waals surface area contributed by atoms with Crippen molar-refractivity contribution >= 4 is 11.8 Å². The van der Waals surface area contributed by atoms with E-state index in [1.165, 1.54) is 12.1 Å². The minimum Gasteiger partial charge on any atom is -0.394 e. The molecular formula is C19H20FN5O. The van der Waals surface area contributed by atoms with Gasteiger partial charge in [-0.25, -0.2) is 9.37 Å². The van der Waals surface area contributed by atoms with E-state index in [4.69, 9.17) is 0 Å². The van der Waals surface area contributed by atoms with Gasteiger partial charge in [0.15, 0.2) is 0 Å². The number of hydrogen-bond acceptors (Lipinski definition) is 6. The molecule has 0 radical (unpaired) electrons. The smallest absolute Gasteiger partial charge is 0.225 e. The number of benzene rings is 1. The van der Waals surface area contributed by atoms with Crippen LogP contribution in [0, 0.1) is 5.82 Å². The molecule has 0 fully saturated rings. The van der Waals surface area contributed by atoms with Gasteiger partial charge in [0.2, 0.25) is 5.95 Å². The van der Waals surface area contributed by atoms with Crippen molar-refractivity contribution in [3.8, 4) is 11.3 Å². The van der Waals surface area contributed by atoms with E-state index in [-0.39, 0.29) is 18.5 Å². The third kappa shape index (κ3) is 4.73. The van der Waals surface area contributed by atoms with Gasteiger partial charge in [-0.1, -0.05) is 12.1 Å². The molecule has 1 aromatic carbocycles. The van der Waals surface area contributed by atoms with Gasteiger partial charge < -0.3 is 15.7 Å². The third-order valence-corrected chi connectivity index (χ3v) is 3.70. The quantitative estimate of drug-likeness (QED) is 0.605. The zero-order chi connectivity index (χ0) is 18.4. The van der Waals surface area contributed by atoms with Crippen molar-refractivity contribution in [1.29, 1.82) is 0 Å². The molecule has 0 unspecified atom stereocenters. The average molecular weight is 353 g/mol. The summed E-state index contributed by atoms with van der Waals surface area (Å²) in [5.41, 5.74) is 2.36. The Morgan fingerprint density at radius 2 is 2.04 bits per heavy atom. The van der Waals surface area contributed by atoms with E-state index in [1.807, 2.05) is 31.2 Å². The average Bonchev–Trinajstić information content (AvgIpc) is 2.67. The lowest BCUT2D eigenvalue weighted by molar-refractivity contribution is 0.281. The van der Waals surface area contributed by atoms with Crippen molar-refractivity contribution in [3.05, 3.63) is 66.2 Å². The molecule has 26 heavy (non-hydrogen) atoms. The molecule has 3 rings (SSSR count). The van der Waals surface area contributed by atoms with Gasteiger partial charge in [0.05, 0.1) is 12.3 Å². The van der Waals surface area contributed by atoms with E-state index in [1.54, 1.807) is 18.5 Å². The molecule has 0 saturated carbocycles. The summed E-state index contributed by atoms with van der Waals surface area (Å²) in [6.45, 7) is 2.22. The van der Waals surface area contributed by atoms with E-state index in [0.29, 0.717) is 24.0 Å². The van der Waals surface area contributed by atoms with E-state index >= 15 is 0 Å². The summed E-state index contributed by atoms with van der Waals surface area (Å²) < 4.78 is 13.3. The Morgan fingerprint density at radius 1 is 1.15 bits per heavy atom. The Labute approximate surface area is 151 Å². The van der Waals surface area contributed by atoms with Crippen molar-refractivity contribution in [1.82, 2.24) is 15.0 Å². The lowest BCUT2D eigenvalue weighted by Crippen LogP contribution is -2.21. The molecule has 1 atom stereocenters. The first kappa shape index (κ1) is 17.8. The molecule has 0 bridgehead atoms. The largest absolute Gasteiger partial charge is 0.394 e. The number of aromatic nitrogens is 3. The SMILES string of the molecule is C[C@@H](CO)Nc1nc(NCc2cccc(F)c2)cc(-c2cccnc2)n1. The number of nitrogens with zero attached hydrogens (tertiary/aromatic N) is 3. The number of halogens is 1. The highest BCUT2D eigenvalue weighted by molar-refractivity contribution is 5.63. The fraction of sp³-hybridized carbons (Fsp3) is 0.211. The van der Waals surface area contributed by atoms with Crippen LogP contribution in [0.25, 0.3) is 11.3 Å². The van der Waals surface area contributed by atoms with Crippen LogP contribution in [0.2, 0.25) is 0 Å². The predicted octanol–water partition coefficient (Wildman–Crippen LogP) is 3.08. The Kier molecular flexibility index (Phi) is 5.70. The molecule has 2 heterocycles. The van der Waals surface area contributed by atoms with Gasteiger partial charge in [-0.2, -0.15) is 4.98 Å². The molecule has 3 aromatic rings. The molecule has 7 heteroatoms. The van der Waals surface area contributed by atoms with Crippen molar-refractivity contribution in [3.63, 3.8) is 0 Å². The minimum atomic E-state index is -0.276. The maximum Gasteiger partial charge on any atom is 0.225 e. The van der Waals surface area contributed by atoms with Gasteiger partial charge in [-0.15, -0.1) is 0 Å². The van der Waals surface area contributed by atoms with Crippen LogP contribution in [0.5, 0.6) is 0 Å². The van der Waals surface area contributed by atoms with Crippen molar-refractivity contribution in [2.45, 2.75) is 19.5 Å². The normalized spacial score (nSPS) is 11.8. The zero-order valence-corrected chi connectivity index (χ0v) is 14.4. The highest BCUT2D eigenvalue weighted by atomic mass is 19.1. The molecule has 6 nitrogen and oxygen atoms in total. The Bertz CT molecular complexity index is 860. The van der Waals surface area contributed by atoms with Gasteiger partial charge in [0, 0.05) is 36.6 Å². The standard InChI is InChI=1S/C19H20FN5O/c1-13(12-26)23-19-24-17(15-5-3-7-21-11-15)9-18(25-19)22-10-14-4-2-6-16(20)8-14/h2-9,11,13,26H,10,12H2,1H3,(H2,22,23,24,25)/t13-/m0/s1. The van der Waals surface area contributed by atoms with Crippen molar-refractivity contribution < 1.29 is 9.50 Å². The van der Waals surface area contributed by atoms with Gasteiger partial charge >= 0.3 is 0 Å². The molecule has 0 saturated heterocycles. The summed E-state index contributed by atoms with van der Waals surface area (Å²) in [5.74, 6) is 0.715. The number of hydrogen-bond donors (Lipinski definition) is 3. The molecule has 0 aliphatic rings. The Balaban J connectivity index is 1.86. The van der Waals surface area contributed by atoms with Crippen molar-refractivity contribution in [2.24, 2.45) is 0 Å². The maximum atomic E-state index is 13.3. The van der Waals surface area contributed by atoms with Crippen LogP contribution in [0.3, 0.4) is 0 Å². The highest BCUT2D eigenvalue weighted by Crippen LogP contribution is 2.21. The second-order valence-electron chi connectivity index (χ2n) is 5.92. The highest BCUT2D eigenvalue weighted by Gasteiger charge is 2.09. The topological polar surface area (TPSA) is 83.0 Å². The summed E-state index contributed by atoms with van der Waals surface area (Å²) in [7, 11) is 0. The molecule has 0 aliphatic carbocycles. The van der Waals surface area contributed by atoms with Crippen LogP contribution in [-0.2, 0) is 6.54 Å². The van der Waals surface area contributed by atoms with Gasteiger partial charge in [0.25, 0.3) is 0 Å². The van der Waals surface area contributed by atoms with Gasteiger partial charge in [0.1, 0.15) is 11.6 Å². The summed E-state index contributed by atoms with van der Waals surface area (Å²) in [6.07, 6.45) is 3.42. The van der Waals surface area contributed by atoms with E-state index in [9.17, 15) is 9.50 Å². The maximum absolute atomic E-state index is 13.3. The summed E-state index contributed by atoms with van der Waals surface area (Å²) in [6, 6.07) is 11.8. The van der Waals surface area contributed by atoms with Crippen molar-refractivity contribution in [2.75, 3.05) is 17.2 Å². The number of pyridine rings is 1. The number of nitrogens with one attached hydrogen (secondary N) is 2. The predicted molar refractivity (Wildman–Crippen MR) is 99.2 cm³/mol. The molecular weight excluding hydrogens is 333 g/mol. The number of anilines is 2. The van der Waals surface area contributed by atoms with Crippen LogP contribution in [0.15, 0.2) is 54.9 Å².